The van der Waals surface area contributed by atoms with Crippen molar-refractivity contribution in [1.29, 1.82) is 0 Å². The Labute approximate surface area is 109 Å². The lowest BCUT2D eigenvalue weighted by Crippen LogP contribution is -2.11. The van der Waals surface area contributed by atoms with Gasteiger partial charge in [-0.25, -0.2) is 0 Å². The van der Waals surface area contributed by atoms with E-state index in [0.29, 0.717) is 0 Å². The molecular weight excluding hydrogens is 282 g/mol. The van der Waals surface area contributed by atoms with E-state index < -0.39 is 0 Å². The van der Waals surface area contributed by atoms with Crippen molar-refractivity contribution < 1.29 is 0 Å². The molecular formula is C13H14BrNS. The van der Waals surface area contributed by atoms with Crippen molar-refractivity contribution in [3.8, 4) is 11.1 Å². The van der Waals surface area contributed by atoms with Gasteiger partial charge in [0.25, 0.3) is 0 Å². The number of thiophene rings is 1. The monoisotopic (exact) mass is 295 g/mol. The van der Waals surface area contributed by atoms with Gasteiger partial charge in [0.15, 0.2) is 0 Å². The summed E-state index contributed by atoms with van der Waals surface area (Å²) in [5.41, 5.74) is 4.02. The summed E-state index contributed by atoms with van der Waals surface area (Å²) in [5, 5.41) is 7.81. The largest absolute Gasteiger partial charge is 0.313 e. The molecule has 0 unspecified atom stereocenters. The second kappa shape index (κ2) is 5.62. The molecule has 3 heteroatoms. The highest BCUT2D eigenvalue weighted by Crippen LogP contribution is 2.28. The van der Waals surface area contributed by atoms with E-state index in [-0.39, 0.29) is 0 Å². The number of halogens is 1. The number of benzene rings is 1. The SMILES string of the molecule is CCNCc1cscc1-c1ccc(Br)cc1. The van der Waals surface area contributed by atoms with Gasteiger partial charge in [0, 0.05) is 11.0 Å². The second-order valence-corrected chi connectivity index (χ2v) is 5.26. The van der Waals surface area contributed by atoms with Crippen LogP contribution in [0.3, 0.4) is 0 Å². The molecule has 0 amide bonds. The summed E-state index contributed by atoms with van der Waals surface area (Å²) in [7, 11) is 0. The molecule has 0 aliphatic rings. The predicted octanol–water partition coefficient (Wildman–Crippen LogP) is 4.29. The Kier molecular flexibility index (Phi) is 4.16. The maximum atomic E-state index is 3.46. The van der Waals surface area contributed by atoms with E-state index in [0.717, 1.165) is 17.6 Å². The zero-order valence-electron chi connectivity index (χ0n) is 9.16. The summed E-state index contributed by atoms with van der Waals surface area (Å²) in [5.74, 6) is 0. The van der Waals surface area contributed by atoms with Gasteiger partial charge in [-0.15, -0.1) is 0 Å². The molecule has 0 atom stereocenters. The van der Waals surface area contributed by atoms with Crippen molar-refractivity contribution in [1.82, 2.24) is 5.32 Å². The zero-order valence-corrected chi connectivity index (χ0v) is 11.6. The molecule has 1 heterocycles. The highest BCUT2D eigenvalue weighted by Gasteiger charge is 2.05. The Morgan fingerprint density at radius 3 is 2.62 bits per heavy atom. The van der Waals surface area contributed by atoms with E-state index in [1.54, 1.807) is 11.3 Å². The van der Waals surface area contributed by atoms with E-state index in [1.165, 1.54) is 16.7 Å². The molecule has 0 saturated heterocycles. The summed E-state index contributed by atoms with van der Waals surface area (Å²) in [4.78, 5) is 0. The average molecular weight is 296 g/mol. The van der Waals surface area contributed by atoms with Gasteiger partial charge >= 0.3 is 0 Å². The Balaban J connectivity index is 2.26. The van der Waals surface area contributed by atoms with Gasteiger partial charge in [-0.3, -0.25) is 0 Å². The lowest BCUT2D eigenvalue weighted by molar-refractivity contribution is 0.729. The van der Waals surface area contributed by atoms with Crippen LogP contribution in [0, 0.1) is 0 Å². The fourth-order valence-corrected chi connectivity index (χ4v) is 2.73. The van der Waals surface area contributed by atoms with E-state index in [4.69, 9.17) is 0 Å². The van der Waals surface area contributed by atoms with Gasteiger partial charge in [0.2, 0.25) is 0 Å². The van der Waals surface area contributed by atoms with Crippen molar-refractivity contribution in [3.63, 3.8) is 0 Å². The molecule has 0 radical (unpaired) electrons. The minimum absolute atomic E-state index is 0.950. The van der Waals surface area contributed by atoms with Crippen LogP contribution in [0.5, 0.6) is 0 Å². The van der Waals surface area contributed by atoms with Crippen LogP contribution in [0.4, 0.5) is 0 Å². The molecule has 0 aliphatic carbocycles. The average Bonchev–Trinajstić information content (AvgIpc) is 2.75. The molecule has 2 rings (SSSR count). The fourth-order valence-electron chi connectivity index (χ4n) is 1.60. The smallest absolute Gasteiger partial charge is 0.0219 e. The molecule has 1 aromatic carbocycles. The van der Waals surface area contributed by atoms with Crippen LogP contribution in [0.1, 0.15) is 12.5 Å². The lowest BCUT2D eigenvalue weighted by atomic mass is 10.1. The molecule has 1 N–H and O–H groups in total. The highest BCUT2D eigenvalue weighted by molar-refractivity contribution is 9.10. The Hall–Kier alpha value is -0.640. The van der Waals surface area contributed by atoms with Crippen LogP contribution in [-0.2, 0) is 6.54 Å². The van der Waals surface area contributed by atoms with Gasteiger partial charge in [-0.2, -0.15) is 11.3 Å². The Morgan fingerprint density at radius 2 is 1.94 bits per heavy atom. The molecule has 0 spiro atoms. The summed E-state index contributed by atoms with van der Waals surface area (Å²) >= 11 is 5.22. The molecule has 0 aliphatic heterocycles. The molecule has 1 aromatic heterocycles. The minimum atomic E-state index is 0.950. The maximum Gasteiger partial charge on any atom is 0.0219 e. The van der Waals surface area contributed by atoms with Crippen LogP contribution in [0.25, 0.3) is 11.1 Å². The molecule has 0 bridgehead atoms. The van der Waals surface area contributed by atoms with Gasteiger partial charge < -0.3 is 5.32 Å². The van der Waals surface area contributed by atoms with Crippen LogP contribution in [-0.4, -0.2) is 6.54 Å². The van der Waals surface area contributed by atoms with E-state index in [2.05, 4.69) is 63.2 Å². The van der Waals surface area contributed by atoms with Crippen molar-refractivity contribution in [3.05, 3.63) is 45.1 Å². The van der Waals surface area contributed by atoms with Gasteiger partial charge in [-0.1, -0.05) is 35.0 Å². The first-order chi connectivity index (χ1) is 7.81. The summed E-state index contributed by atoms with van der Waals surface area (Å²) in [6.07, 6.45) is 0. The molecule has 0 saturated carbocycles. The van der Waals surface area contributed by atoms with Crippen molar-refractivity contribution in [2.75, 3.05) is 6.54 Å². The first kappa shape index (κ1) is 11.8. The molecule has 2 aromatic rings. The van der Waals surface area contributed by atoms with E-state index in [1.807, 2.05) is 0 Å². The summed E-state index contributed by atoms with van der Waals surface area (Å²) < 4.78 is 1.12. The number of nitrogens with one attached hydrogen (secondary N) is 1. The van der Waals surface area contributed by atoms with Crippen LogP contribution in [0.15, 0.2) is 39.5 Å². The number of hydrogen-bond acceptors (Lipinski definition) is 2. The summed E-state index contributed by atoms with van der Waals surface area (Å²) in [6.45, 7) is 4.09. The van der Waals surface area contributed by atoms with Crippen molar-refractivity contribution >= 4 is 27.3 Å². The van der Waals surface area contributed by atoms with Crippen molar-refractivity contribution in [2.24, 2.45) is 0 Å². The number of rotatable bonds is 4. The van der Waals surface area contributed by atoms with E-state index in [9.17, 15) is 0 Å². The fraction of sp³-hybridized carbons (Fsp3) is 0.231. The van der Waals surface area contributed by atoms with Gasteiger partial charge in [0.1, 0.15) is 0 Å². The first-order valence-electron chi connectivity index (χ1n) is 5.33. The number of hydrogen-bond donors (Lipinski definition) is 1. The van der Waals surface area contributed by atoms with Crippen LogP contribution in [0.2, 0.25) is 0 Å². The molecule has 84 valence electrons. The molecule has 0 fully saturated rings. The van der Waals surface area contributed by atoms with E-state index >= 15 is 0 Å². The van der Waals surface area contributed by atoms with Crippen LogP contribution >= 0.6 is 27.3 Å². The predicted molar refractivity (Wildman–Crippen MR) is 74.8 cm³/mol. The quantitative estimate of drug-likeness (QED) is 0.887. The Morgan fingerprint density at radius 1 is 1.19 bits per heavy atom. The normalized spacial score (nSPS) is 10.6. The second-order valence-electron chi connectivity index (χ2n) is 3.60. The Bertz CT molecular complexity index is 447. The third-order valence-electron chi connectivity index (χ3n) is 2.46. The van der Waals surface area contributed by atoms with Gasteiger partial charge in [0.05, 0.1) is 0 Å². The van der Waals surface area contributed by atoms with Crippen LogP contribution < -0.4 is 5.32 Å². The molecule has 1 nitrogen and oxygen atoms in total. The lowest BCUT2D eigenvalue weighted by Gasteiger charge is -2.05. The minimum Gasteiger partial charge on any atom is -0.313 e. The van der Waals surface area contributed by atoms with Crippen molar-refractivity contribution in [2.45, 2.75) is 13.5 Å². The highest BCUT2D eigenvalue weighted by atomic mass is 79.9. The standard InChI is InChI=1S/C13H14BrNS/c1-2-15-7-11-8-16-9-13(11)10-3-5-12(14)6-4-10/h3-6,8-9,15H,2,7H2,1H3. The third kappa shape index (κ3) is 2.73. The molecule has 16 heavy (non-hydrogen) atoms. The first-order valence-corrected chi connectivity index (χ1v) is 7.06. The topological polar surface area (TPSA) is 12.0 Å². The zero-order chi connectivity index (χ0) is 11.4. The van der Waals surface area contributed by atoms with Gasteiger partial charge in [-0.05, 0) is 46.1 Å². The maximum absolute atomic E-state index is 3.46. The third-order valence-corrected chi connectivity index (χ3v) is 3.78. The summed E-state index contributed by atoms with van der Waals surface area (Å²) in [6, 6.07) is 8.48.